The second-order valence-electron chi connectivity index (χ2n) is 6.64. The third kappa shape index (κ3) is 3.48. The number of allylic oxidation sites excluding steroid dienone is 2. The van der Waals surface area contributed by atoms with Crippen LogP contribution < -0.4 is 4.72 Å². The fourth-order valence-corrected chi connectivity index (χ4v) is 4.76. The first-order valence-corrected chi connectivity index (χ1v) is 9.67. The molecule has 1 N–H and O–H groups in total. The average molecular weight is 313 g/mol. The van der Waals surface area contributed by atoms with Gasteiger partial charge in [-0.25, -0.2) is 13.1 Å². The molecule has 3 rings (SSSR count). The van der Waals surface area contributed by atoms with Crippen LogP contribution in [-0.2, 0) is 19.6 Å². The van der Waals surface area contributed by atoms with Gasteiger partial charge in [-0.2, -0.15) is 0 Å². The highest BCUT2D eigenvalue weighted by Gasteiger charge is 2.42. The van der Waals surface area contributed by atoms with Crippen molar-refractivity contribution < 1.29 is 17.9 Å². The van der Waals surface area contributed by atoms with Crippen LogP contribution in [-0.4, -0.2) is 32.8 Å². The van der Waals surface area contributed by atoms with Crippen LogP contribution in [0.25, 0.3) is 0 Å². The van der Waals surface area contributed by atoms with Crippen molar-refractivity contribution >= 4 is 16.0 Å². The van der Waals surface area contributed by atoms with Gasteiger partial charge in [0.15, 0.2) is 0 Å². The van der Waals surface area contributed by atoms with Gasteiger partial charge in [0.1, 0.15) is 6.10 Å². The molecule has 2 bridgehead atoms. The molecule has 0 amide bonds. The summed E-state index contributed by atoms with van der Waals surface area (Å²) in [7, 11) is -3.27. The molecular formula is C15H23NO4S. The van der Waals surface area contributed by atoms with Crippen molar-refractivity contribution in [2.24, 2.45) is 17.8 Å². The lowest BCUT2D eigenvalue weighted by molar-refractivity contribution is -0.157. The molecule has 6 heteroatoms. The number of ether oxygens (including phenoxy) is 1. The van der Waals surface area contributed by atoms with E-state index in [4.69, 9.17) is 4.74 Å². The highest BCUT2D eigenvalue weighted by Crippen LogP contribution is 2.44. The number of fused-ring (bicyclic) bond motifs is 2. The number of hydrogen-bond donors (Lipinski definition) is 1. The van der Waals surface area contributed by atoms with Gasteiger partial charge in [-0.1, -0.05) is 18.6 Å². The Hall–Kier alpha value is -0.880. The van der Waals surface area contributed by atoms with Crippen LogP contribution in [0.5, 0.6) is 0 Å². The first-order valence-electron chi connectivity index (χ1n) is 7.78. The van der Waals surface area contributed by atoms with E-state index in [1.807, 2.05) is 0 Å². The number of esters is 1. The monoisotopic (exact) mass is 313 g/mol. The predicted molar refractivity (Wildman–Crippen MR) is 79.0 cm³/mol. The lowest BCUT2D eigenvalue weighted by Crippen LogP contribution is -2.47. The zero-order valence-corrected chi connectivity index (χ0v) is 13.1. The van der Waals surface area contributed by atoms with Crippen LogP contribution in [0.15, 0.2) is 12.2 Å². The molecule has 5 atom stereocenters. The van der Waals surface area contributed by atoms with Crippen LogP contribution in [0.4, 0.5) is 0 Å². The first-order chi connectivity index (χ1) is 9.92. The van der Waals surface area contributed by atoms with E-state index < -0.39 is 10.0 Å². The fourth-order valence-electron chi connectivity index (χ4n) is 3.94. The van der Waals surface area contributed by atoms with Crippen molar-refractivity contribution in [3.05, 3.63) is 12.2 Å². The standard InChI is InChI=1S/C15H23NO4S/c1-21(18,19)16-13-4-2-3-5-14(13)20-15(17)12-9-10-6-7-11(12)8-10/h6-7,10-14,16H,2-5,8-9H2,1H3. The fraction of sp³-hybridized carbons (Fsp3) is 0.800. The van der Waals surface area contributed by atoms with Crippen molar-refractivity contribution in [2.75, 3.05) is 6.26 Å². The van der Waals surface area contributed by atoms with Crippen LogP contribution >= 0.6 is 0 Å². The maximum atomic E-state index is 12.4. The summed E-state index contributed by atoms with van der Waals surface area (Å²) in [6, 6.07) is -0.271. The first kappa shape index (κ1) is 15.0. The highest BCUT2D eigenvalue weighted by atomic mass is 32.2. The van der Waals surface area contributed by atoms with Gasteiger partial charge in [-0.3, -0.25) is 4.79 Å². The van der Waals surface area contributed by atoms with Gasteiger partial charge >= 0.3 is 5.97 Å². The summed E-state index contributed by atoms with van der Waals surface area (Å²) >= 11 is 0. The number of hydrogen-bond acceptors (Lipinski definition) is 4. The molecule has 0 aromatic heterocycles. The Morgan fingerprint density at radius 2 is 1.95 bits per heavy atom. The number of nitrogens with one attached hydrogen (secondary N) is 1. The van der Waals surface area contributed by atoms with Gasteiger partial charge in [0, 0.05) is 0 Å². The Labute approximate surface area is 126 Å². The minimum atomic E-state index is -3.27. The molecule has 0 radical (unpaired) electrons. The molecule has 0 aromatic rings. The van der Waals surface area contributed by atoms with Crippen LogP contribution in [0.2, 0.25) is 0 Å². The third-order valence-electron chi connectivity index (χ3n) is 4.92. The largest absolute Gasteiger partial charge is 0.460 e. The number of sulfonamides is 1. The lowest BCUT2D eigenvalue weighted by atomic mass is 9.91. The molecule has 0 saturated heterocycles. The molecular weight excluding hydrogens is 290 g/mol. The maximum absolute atomic E-state index is 12.4. The van der Waals surface area contributed by atoms with Crippen molar-refractivity contribution in [1.82, 2.24) is 4.72 Å². The summed E-state index contributed by atoms with van der Waals surface area (Å²) in [5.74, 6) is 0.691. The van der Waals surface area contributed by atoms with E-state index in [1.165, 1.54) is 0 Å². The Balaban J connectivity index is 1.62. The van der Waals surface area contributed by atoms with Crippen molar-refractivity contribution in [3.8, 4) is 0 Å². The Kier molecular flexibility index (Phi) is 4.10. The topological polar surface area (TPSA) is 72.5 Å². The van der Waals surface area contributed by atoms with Crippen LogP contribution in [0, 0.1) is 17.8 Å². The van der Waals surface area contributed by atoms with Gasteiger partial charge in [0.2, 0.25) is 10.0 Å². The smallest absolute Gasteiger partial charge is 0.309 e. The number of carbonyl (C=O) groups is 1. The third-order valence-corrected chi connectivity index (χ3v) is 5.65. The highest BCUT2D eigenvalue weighted by molar-refractivity contribution is 7.88. The van der Waals surface area contributed by atoms with E-state index in [0.29, 0.717) is 11.8 Å². The molecule has 5 unspecified atom stereocenters. The van der Waals surface area contributed by atoms with Gasteiger partial charge in [-0.05, 0) is 43.9 Å². The minimum Gasteiger partial charge on any atom is -0.460 e. The summed E-state index contributed by atoms with van der Waals surface area (Å²) in [5, 5.41) is 0. The van der Waals surface area contributed by atoms with E-state index in [0.717, 1.165) is 44.8 Å². The van der Waals surface area contributed by atoms with Crippen LogP contribution in [0.3, 0.4) is 0 Å². The lowest BCUT2D eigenvalue weighted by Gasteiger charge is -2.32. The second-order valence-corrected chi connectivity index (χ2v) is 8.42. The average Bonchev–Trinajstić information content (AvgIpc) is 3.01. The molecule has 3 aliphatic rings. The summed E-state index contributed by atoms with van der Waals surface area (Å²) < 4.78 is 31.2. The van der Waals surface area contributed by atoms with E-state index >= 15 is 0 Å². The number of carbonyl (C=O) groups excluding carboxylic acids is 1. The molecule has 2 fully saturated rings. The Bertz CT molecular complexity index is 542. The summed E-state index contributed by atoms with van der Waals surface area (Å²) in [4.78, 5) is 12.4. The van der Waals surface area contributed by atoms with Crippen molar-refractivity contribution in [1.29, 1.82) is 0 Å². The molecule has 0 aliphatic heterocycles. The van der Waals surface area contributed by atoms with E-state index in [-0.39, 0.29) is 24.0 Å². The maximum Gasteiger partial charge on any atom is 0.309 e. The molecule has 0 heterocycles. The molecule has 0 spiro atoms. The van der Waals surface area contributed by atoms with E-state index in [9.17, 15) is 13.2 Å². The van der Waals surface area contributed by atoms with Gasteiger partial charge in [0.05, 0.1) is 18.2 Å². The Morgan fingerprint density at radius 3 is 2.57 bits per heavy atom. The van der Waals surface area contributed by atoms with Crippen molar-refractivity contribution in [3.63, 3.8) is 0 Å². The Morgan fingerprint density at radius 1 is 1.19 bits per heavy atom. The molecule has 5 nitrogen and oxygen atoms in total. The number of rotatable bonds is 4. The molecule has 21 heavy (non-hydrogen) atoms. The molecule has 3 aliphatic carbocycles. The van der Waals surface area contributed by atoms with Gasteiger partial charge in [0.25, 0.3) is 0 Å². The summed E-state index contributed by atoms with van der Waals surface area (Å²) in [6.07, 6.45) is 10.6. The second kappa shape index (κ2) is 5.72. The summed E-state index contributed by atoms with van der Waals surface area (Å²) in [5.41, 5.74) is 0. The predicted octanol–water partition coefficient (Wildman–Crippen LogP) is 1.60. The summed E-state index contributed by atoms with van der Waals surface area (Å²) in [6.45, 7) is 0. The molecule has 2 saturated carbocycles. The quantitative estimate of drug-likeness (QED) is 0.632. The SMILES string of the molecule is CS(=O)(=O)NC1CCCCC1OC(=O)C1CC2C=CC1C2. The van der Waals surface area contributed by atoms with Gasteiger partial charge < -0.3 is 4.74 Å². The molecule has 0 aromatic carbocycles. The van der Waals surface area contributed by atoms with Crippen molar-refractivity contribution in [2.45, 2.75) is 50.7 Å². The van der Waals surface area contributed by atoms with E-state index in [2.05, 4.69) is 16.9 Å². The zero-order valence-electron chi connectivity index (χ0n) is 12.3. The molecule has 118 valence electrons. The minimum absolute atomic E-state index is 0.0270. The van der Waals surface area contributed by atoms with Crippen LogP contribution in [0.1, 0.15) is 38.5 Å². The normalized spacial score (nSPS) is 38.6. The van der Waals surface area contributed by atoms with Gasteiger partial charge in [-0.15, -0.1) is 0 Å². The van der Waals surface area contributed by atoms with E-state index in [1.54, 1.807) is 0 Å². The zero-order chi connectivity index (χ0) is 15.0.